The molecule has 0 radical (unpaired) electrons. The third kappa shape index (κ3) is 7.24. The monoisotopic (exact) mass is 434 g/mol. The number of halogens is 2. The second kappa shape index (κ2) is 11.3. The molecule has 1 atom stereocenters. The summed E-state index contributed by atoms with van der Waals surface area (Å²) in [4.78, 5) is 25.4. The maximum atomic E-state index is 12.8. The van der Waals surface area contributed by atoms with Crippen LogP contribution in [0.2, 0.25) is 0 Å². The van der Waals surface area contributed by atoms with E-state index in [0.717, 1.165) is 5.56 Å². The molecule has 8 heteroatoms. The van der Waals surface area contributed by atoms with Gasteiger partial charge in [0.1, 0.15) is 6.04 Å². The quantitative estimate of drug-likeness (QED) is 0.591. The molecule has 0 aliphatic rings. The Morgan fingerprint density at radius 2 is 1.77 bits per heavy atom. The topological polar surface area (TPSA) is 76.7 Å². The summed E-state index contributed by atoms with van der Waals surface area (Å²) in [7, 11) is 1.35. The van der Waals surface area contributed by atoms with Crippen LogP contribution < -0.4 is 20.1 Å². The highest BCUT2D eigenvalue weighted by Crippen LogP contribution is 2.29. The summed E-state index contributed by atoms with van der Waals surface area (Å²) in [6.45, 7) is 2.83. The fourth-order valence-corrected chi connectivity index (χ4v) is 3.10. The van der Waals surface area contributed by atoms with Gasteiger partial charge in [-0.3, -0.25) is 9.59 Å². The van der Waals surface area contributed by atoms with E-state index in [1.54, 1.807) is 18.2 Å². The lowest BCUT2D eigenvalue weighted by atomic mass is 10.0. The number of hydrogen-bond donors (Lipinski definition) is 2. The number of ether oxygens (including phenoxy) is 2. The van der Waals surface area contributed by atoms with E-state index >= 15 is 0 Å². The zero-order valence-corrected chi connectivity index (χ0v) is 18.1. The minimum Gasteiger partial charge on any atom is -0.493 e. The van der Waals surface area contributed by atoms with Crippen LogP contribution in [0.5, 0.6) is 11.5 Å². The first-order chi connectivity index (χ1) is 14.7. The molecule has 0 spiro atoms. The minimum atomic E-state index is -2.99. The number of amides is 2. The number of aryl methyl sites for hydroxylation is 1. The van der Waals surface area contributed by atoms with Gasteiger partial charge in [0, 0.05) is 12.1 Å². The van der Waals surface area contributed by atoms with E-state index in [-0.39, 0.29) is 35.8 Å². The minimum absolute atomic E-state index is 0.0806. The number of carbonyl (C=O) groups excluding carboxylic acids is 2. The molecule has 0 aromatic heterocycles. The molecule has 0 aliphatic carbocycles. The highest BCUT2D eigenvalue weighted by molar-refractivity contribution is 5.98. The van der Waals surface area contributed by atoms with E-state index < -0.39 is 12.7 Å². The van der Waals surface area contributed by atoms with Crippen molar-refractivity contribution in [1.82, 2.24) is 10.6 Å². The summed E-state index contributed by atoms with van der Waals surface area (Å²) >= 11 is 0. The molecule has 0 saturated heterocycles. The van der Waals surface area contributed by atoms with Crippen LogP contribution in [0.25, 0.3) is 0 Å². The molecular weight excluding hydrogens is 406 g/mol. The number of nitrogens with one attached hydrogen (secondary N) is 2. The first-order valence-electron chi connectivity index (χ1n) is 9.97. The highest BCUT2D eigenvalue weighted by Gasteiger charge is 2.23. The lowest BCUT2D eigenvalue weighted by Crippen LogP contribution is -2.47. The van der Waals surface area contributed by atoms with E-state index in [2.05, 4.69) is 15.4 Å². The Labute approximate surface area is 180 Å². The second-order valence-electron chi connectivity index (χ2n) is 7.55. The molecule has 0 heterocycles. The maximum Gasteiger partial charge on any atom is 0.387 e. The average molecular weight is 434 g/mol. The number of rotatable bonds is 10. The largest absolute Gasteiger partial charge is 0.493 e. The van der Waals surface area contributed by atoms with Crippen molar-refractivity contribution in [3.63, 3.8) is 0 Å². The molecule has 0 bridgehead atoms. The van der Waals surface area contributed by atoms with Crippen molar-refractivity contribution >= 4 is 11.8 Å². The molecule has 1 unspecified atom stereocenters. The molecule has 2 rings (SSSR count). The summed E-state index contributed by atoms with van der Waals surface area (Å²) in [5, 5.41) is 5.56. The van der Waals surface area contributed by atoms with Crippen LogP contribution in [-0.4, -0.2) is 31.6 Å². The van der Waals surface area contributed by atoms with Crippen LogP contribution in [0.15, 0.2) is 42.5 Å². The van der Waals surface area contributed by atoms with Gasteiger partial charge in [0.2, 0.25) is 5.91 Å². The van der Waals surface area contributed by atoms with Gasteiger partial charge in [-0.2, -0.15) is 8.78 Å². The Kier molecular flexibility index (Phi) is 8.78. The maximum absolute atomic E-state index is 12.8. The lowest BCUT2D eigenvalue weighted by molar-refractivity contribution is -0.123. The van der Waals surface area contributed by atoms with Crippen LogP contribution in [0.4, 0.5) is 8.78 Å². The molecule has 0 saturated carbocycles. The van der Waals surface area contributed by atoms with Crippen molar-refractivity contribution in [3.8, 4) is 11.5 Å². The number of benzene rings is 2. The first-order valence-corrected chi connectivity index (χ1v) is 9.97. The molecule has 31 heavy (non-hydrogen) atoms. The molecule has 0 fully saturated rings. The standard InChI is InChI=1S/C23H28F2N2O4/c1-14(2)11-18(27-21(28)17-8-6-5-7-15(17)3)22(29)26-13-16-9-10-19(30-4)20(12-16)31-23(24)25/h5-10,12,14,18,23H,11,13H2,1-4H3,(H,26,29)(H,27,28). The van der Waals surface area contributed by atoms with Gasteiger partial charge in [0.15, 0.2) is 11.5 Å². The normalized spacial score (nSPS) is 11.9. The highest BCUT2D eigenvalue weighted by atomic mass is 19.3. The third-order valence-electron chi connectivity index (χ3n) is 4.63. The second-order valence-corrected chi connectivity index (χ2v) is 7.55. The Hall–Kier alpha value is -3.16. The summed E-state index contributed by atoms with van der Waals surface area (Å²) in [5.41, 5.74) is 1.87. The smallest absolute Gasteiger partial charge is 0.387 e. The zero-order chi connectivity index (χ0) is 23.0. The van der Waals surface area contributed by atoms with E-state index in [1.807, 2.05) is 32.9 Å². The SMILES string of the molecule is COc1ccc(CNC(=O)C(CC(C)C)NC(=O)c2ccccc2C)cc1OC(F)F. The Balaban J connectivity index is 2.09. The van der Waals surface area contributed by atoms with Crippen molar-refractivity contribution in [2.75, 3.05) is 7.11 Å². The number of alkyl halides is 2. The van der Waals surface area contributed by atoms with Gasteiger partial charge in [0.05, 0.1) is 7.11 Å². The van der Waals surface area contributed by atoms with Gasteiger partial charge in [-0.15, -0.1) is 0 Å². The Morgan fingerprint density at radius 3 is 2.39 bits per heavy atom. The number of hydrogen-bond acceptors (Lipinski definition) is 4. The molecule has 2 N–H and O–H groups in total. The Morgan fingerprint density at radius 1 is 1.06 bits per heavy atom. The van der Waals surface area contributed by atoms with Crippen LogP contribution in [-0.2, 0) is 11.3 Å². The molecule has 6 nitrogen and oxygen atoms in total. The van der Waals surface area contributed by atoms with Gasteiger partial charge in [-0.25, -0.2) is 0 Å². The third-order valence-corrected chi connectivity index (χ3v) is 4.63. The summed E-state index contributed by atoms with van der Waals surface area (Å²) in [6, 6.07) is 10.9. The van der Waals surface area contributed by atoms with Crippen LogP contribution in [0.3, 0.4) is 0 Å². The van der Waals surface area contributed by atoms with E-state index in [1.165, 1.54) is 19.2 Å². The van der Waals surface area contributed by atoms with Crippen LogP contribution >= 0.6 is 0 Å². The van der Waals surface area contributed by atoms with E-state index in [9.17, 15) is 18.4 Å². The fraction of sp³-hybridized carbons (Fsp3) is 0.391. The van der Waals surface area contributed by atoms with Gasteiger partial charge in [0.25, 0.3) is 5.91 Å². The van der Waals surface area contributed by atoms with Gasteiger partial charge in [-0.05, 0) is 48.6 Å². The van der Waals surface area contributed by atoms with Crippen molar-refractivity contribution in [1.29, 1.82) is 0 Å². The van der Waals surface area contributed by atoms with Crippen molar-refractivity contribution in [2.45, 2.75) is 46.4 Å². The van der Waals surface area contributed by atoms with Gasteiger partial charge in [-0.1, -0.05) is 38.1 Å². The van der Waals surface area contributed by atoms with Crippen molar-refractivity contribution in [3.05, 3.63) is 59.2 Å². The van der Waals surface area contributed by atoms with Gasteiger partial charge >= 0.3 is 6.61 Å². The lowest BCUT2D eigenvalue weighted by Gasteiger charge is -2.21. The first kappa shape index (κ1) is 24.1. The van der Waals surface area contributed by atoms with Crippen molar-refractivity contribution in [2.24, 2.45) is 5.92 Å². The van der Waals surface area contributed by atoms with E-state index in [0.29, 0.717) is 17.5 Å². The predicted molar refractivity (Wildman–Crippen MR) is 113 cm³/mol. The average Bonchev–Trinajstić information content (AvgIpc) is 2.71. The molecule has 2 aromatic rings. The van der Waals surface area contributed by atoms with Crippen LogP contribution in [0.1, 0.15) is 41.8 Å². The molecule has 2 amide bonds. The summed E-state index contributed by atoms with van der Waals surface area (Å²) < 4.78 is 34.7. The predicted octanol–water partition coefficient (Wildman–Crippen LogP) is 4.07. The molecule has 2 aromatic carbocycles. The van der Waals surface area contributed by atoms with Crippen molar-refractivity contribution < 1.29 is 27.8 Å². The Bertz CT molecular complexity index is 903. The molecular formula is C23H28F2N2O4. The van der Waals surface area contributed by atoms with Crippen LogP contribution in [0, 0.1) is 12.8 Å². The van der Waals surface area contributed by atoms with Gasteiger partial charge < -0.3 is 20.1 Å². The molecule has 0 aliphatic heterocycles. The zero-order valence-electron chi connectivity index (χ0n) is 18.1. The van der Waals surface area contributed by atoms with E-state index in [4.69, 9.17) is 4.74 Å². The summed E-state index contributed by atoms with van der Waals surface area (Å²) in [6.07, 6.45) is 0.450. The number of methoxy groups -OCH3 is 1. The fourth-order valence-electron chi connectivity index (χ4n) is 3.10. The molecule has 168 valence electrons. The summed E-state index contributed by atoms with van der Waals surface area (Å²) in [5.74, 6) is -0.465. The number of carbonyl (C=O) groups is 2.